The van der Waals surface area contributed by atoms with E-state index in [1.807, 2.05) is 23.1 Å². The van der Waals surface area contributed by atoms with Crippen LogP contribution in [0.25, 0.3) is 16.6 Å². The first-order valence-corrected chi connectivity index (χ1v) is 14.2. The van der Waals surface area contributed by atoms with E-state index in [9.17, 15) is 5.26 Å². The first kappa shape index (κ1) is 24.4. The average Bonchev–Trinajstić information content (AvgIpc) is 3.66. The molecule has 5 aliphatic heterocycles. The summed E-state index contributed by atoms with van der Waals surface area (Å²) in [5.41, 5.74) is 5.65. The molecule has 5 aliphatic rings. The highest BCUT2D eigenvalue weighted by Gasteiger charge is 2.44. The summed E-state index contributed by atoms with van der Waals surface area (Å²) < 4.78 is 12.7. The summed E-state index contributed by atoms with van der Waals surface area (Å²) in [4.78, 5) is 19.0. The number of fused-ring (bicyclic) bond motifs is 4. The van der Waals surface area contributed by atoms with Crippen LogP contribution in [-0.2, 0) is 6.54 Å². The molecule has 11 heteroatoms. The van der Waals surface area contributed by atoms with E-state index in [2.05, 4.69) is 67.1 Å². The lowest BCUT2D eigenvalue weighted by Crippen LogP contribution is -2.68. The Labute approximate surface area is 238 Å². The van der Waals surface area contributed by atoms with Crippen molar-refractivity contribution in [3.63, 3.8) is 0 Å². The van der Waals surface area contributed by atoms with Gasteiger partial charge in [0.15, 0.2) is 5.75 Å². The van der Waals surface area contributed by atoms with Crippen LogP contribution in [0.5, 0.6) is 11.6 Å². The Kier molecular flexibility index (Phi) is 5.72. The number of hydrogen-bond acceptors (Lipinski definition) is 10. The van der Waals surface area contributed by atoms with E-state index in [0.29, 0.717) is 23.5 Å². The van der Waals surface area contributed by atoms with Gasteiger partial charge in [0.05, 0.1) is 29.2 Å². The van der Waals surface area contributed by atoms with Crippen molar-refractivity contribution in [2.75, 3.05) is 62.9 Å². The first-order valence-electron chi connectivity index (χ1n) is 14.2. The van der Waals surface area contributed by atoms with Crippen molar-refractivity contribution in [3.8, 4) is 28.8 Å². The third kappa shape index (κ3) is 4.22. The normalized spacial score (nSPS) is 22.1. The van der Waals surface area contributed by atoms with Crippen molar-refractivity contribution in [2.24, 2.45) is 0 Å². The van der Waals surface area contributed by atoms with E-state index in [1.165, 1.54) is 6.42 Å². The quantitative estimate of drug-likeness (QED) is 0.370. The monoisotopic (exact) mass is 549 g/mol. The predicted molar refractivity (Wildman–Crippen MR) is 153 cm³/mol. The SMILES string of the molecule is CN1CCN(c2cc(-c3ccc(N4CC5CC(C4)N5Cc4cnc5c(c4)OCO5)nc3)c3c(C#N)cnn3c2)CC1. The summed E-state index contributed by atoms with van der Waals surface area (Å²) in [6.45, 7) is 6.98. The maximum absolute atomic E-state index is 9.78. The highest BCUT2D eigenvalue weighted by atomic mass is 16.7. The number of nitrogens with zero attached hydrogens (tertiary/aromatic N) is 9. The van der Waals surface area contributed by atoms with Gasteiger partial charge in [0, 0.05) is 81.4 Å². The molecule has 4 aromatic rings. The van der Waals surface area contributed by atoms with Crippen molar-refractivity contribution < 1.29 is 9.47 Å². The van der Waals surface area contributed by atoms with Crippen LogP contribution in [0.15, 0.2) is 49.1 Å². The molecule has 9 heterocycles. The number of pyridine rings is 3. The van der Waals surface area contributed by atoms with Crippen LogP contribution in [0.4, 0.5) is 11.5 Å². The Morgan fingerprint density at radius 1 is 0.976 bits per heavy atom. The smallest absolute Gasteiger partial charge is 0.260 e. The summed E-state index contributed by atoms with van der Waals surface area (Å²) in [5, 5.41) is 14.3. The second kappa shape index (κ2) is 9.61. The highest BCUT2D eigenvalue weighted by Crippen LogP contribution is 2.38. The zero-order chi connectivity index (χ0) is 27.5. The van der Waals surface area contributed by atoms with Crippen molar-refractivity contribution in [3.05, 3.63) is 60.2 Å². The van der Waals surface area contributed by atoms with Gasteiger partial charge in [-0.15, -0.1) is 0 Å². The summed E-state index contributed by atoms with van der Waals surface area (Å²) in [5.74, 6) is 2.32. The summed E-state index contributed by atoms with van der Waals surface area (Å²) in [6, 6.07) is 11.8. The number of anilines is 2. The molecule has 0 spiro atoms. The second-order valence-electron chi connectivity index (χ2n) is 11.4. The van der Waals surface area contributed by atoms with Gasteiger partial charge in [-0.05, 0) is 43.3 Å². The van der Waals surface area contributed by atoms with Gasteiger partial charge in [-0.3, -0.25) is 4.90 Å². The number of ether oxygens (including phenoxy) is 2. The number of piperazine rings is 2. The number of likely N-dealkylation sites (N-methyl/N-ethyl adjacent to an activating group) is 1. The van der Waals surface area contributed by atoms with E-state index in [-0.39, 0.29) is 6.79 Å². The highest BCUT2D eigenvalue weighted by molar-refractivity contribution is 5.86. The van der Waals surface area contributed by atoms with Gasteiger partial charge >= 0.3 is 0 Å². The molecule has 2 bridgehead atoms. The number of aromatic nitrogens is 4. The molecule has 0 radical (unpaired) electrons. The minimum Gasteiger partial charge on any atom is -0.452 e. The van der Waals surface area contributed by atoms with Crippen molar-refractivity contribution in [1.82, 2.24) is 29.4 Å². The fourth-order valence-corrected chi connectivity index (χ4v) is 6.64. The van der Waals surface area contributed by atoms with E-state index in [0.717, 1.165) is 85.3 Å². The maximum atomic E-state index is 9.78. The van der Waals surface area contributed by atoms with Crippen molar-refractivity contribution in [1.29, 1.82) is 5.26 Å². The Bertz CT molecular complexity index is 1640. The lowest BCUT2D eigenvalue weighted by Gasteiger charge is -2.56. The molecule has 208 valence electrons. The van der Waals surface area contributed by atoms with Gasteiger partial charge in [0.2, 0.25) is 6.79 Å². The number of nitriles is 1. The Balaban J connectivity index is 1.01. The summed E-state index contributed by atoms with van der Waals surface area (Å²) >= 11 is 0. The van der Waals surface area contributed by atoms with Gasteiger partial charge in [0.25, 0.3) is 5.88 Å². The van der Waals surface area contributed by atoms with E-state index in [1.54, 1.807) is 6.20 Å². The zero-order valence-electron chi connectivity index (χ0n) is 23.0. The lowest BCUT2D eigenvalue weighted by atomic mass is 9.87. The van der Waals surface area contributed by atoms with Gasteiger partial charge in [-0.25, -0.2) is 14.5 Å². The minimum atomic E-state index is 0.246. The van der Waals surface area contributed by atoms with E-state index >= 15 is 0 Å². The van der Waals surface area contributed by atoms with E-state index in [4.69, 9.17) is 14.5 Å². The maximum Gasteiger partial charge on any atom is 0.260 e. The molecule has 0 N–H and O–H groups in total. The molecule has 41 heavy (non-hydrogen) atoms. The van der Waals surface area contributed by atoms with Crippen LogP contribution in [0.2, 0.25) is 0 Å². The van der Waals surface area contributed by atoms with Crippen LogP contribution < -0.4 is 19.3 Å². The molecule has 0 aromatic carbocycles. The molecule has 0 saturated carbocycles. The Morgan fingerprint density at radius 2 is 1.83 bits per heavy atom. The van der Waals surface area contributed by atoms with Crippen LogP contribution in [0.1, 0.15) is 17.5 Å². The van der Waals surface area contributed by atoms with Gasteiger partial charge in [-0.2, -0.15) is 10.4 Å². The van der Waals surface area contributed by atoms with Gasteiger partial charge in [-0.1, -0.05) is 0 Å². The average molecular weight is 550 g/mol. The third-order valence-electron chi connectivity index (χ3n) is 8.96. The molecule has 0 aliphatic carbocycles. The van der Waals surface area contributed by atoms with Crippen LogP contribution in [-0.4, -0.2) is 94.6 Å². The van der Waals surface area contributed by atoms with Crippen LogP contribution in [0, 0.1) is 11.3 Å². The molecule has 4 saturated heterocycles. The van der Waals surface area contributed by atoms with Crippen LogP contribution >= 0.6 is 0 Å². The molecule has 0 amide bonds. The fraction of sp³-hybridized carbons (Fsp3) is 0.400. The van der Waals surface area contributed by atoms with Gasteiger partial charge < -0.3 is 24.2 Å². The number of hydrogen-bond donors (Lipinski definition) is 0. The van der Waals surface area contributed by atoms with Crippen molar-refractivity contribution >= 4 is 17.0 Å². The largest absolute Gasteiger partial charge is 0.452 e. The zero-order valence-corrected chi connectivity index (χ0v) is 23.0. The molecule has 11 nitrogen and oxygen atoms in total. The van der Waals surface area contributed by atoms with E-state index < -0.39 is 0 Å². The number of piperidine rings is 1. The van der Waals surface area contributed by atoms with Crippen molar-refractivity contribution in [2.45, 2.75) is 25.0 Å². The molecule has 4 aromatic heterocycles. The summed E-state index contributed by atoms with van der Waals surface area (Å²) in [7, 11) is 2.16. The topological polar surface area (TPSA) is 98.3 Å². The van der Waals surface area contributed by atoms with Gasteiger partial charge in [0.1, 0.15) is 11.9 Å². The minimum absolute atomic E-state index is 0.246. The Morgan fingerprint density at radius 3 is 2.61 bits per heavy atom. The van der Waals surface area contributed by atoms with Crippen LogP contribution in [0.3, 0.4) is 0 Å². The second-order valence-corrected chi connectivity index (χ2v) is 11.4. The first-order chi connectivity index (χ1) is 20.1. The fourth-order valence-electron chi connectivity index (χ4n) is 6.64. The molecular formula is C30H31N9O2. The third-order valence-corrected chi connectivity index (χ3v) is 8.96. The molecule has 2 atom stereocenters. The molecule has 2 unspecified atom stereocenters. The number of rotatable bonds is 5. The predicted octanol–water partition coefficient (Wildman–Crippen LogP) is 2.61. The molecular weight excluding hydrogens is 518 g/mol. The standard InChI is InChI=1S/C30H31N9O2/c1-35-4-6-36(7-5-35)23-10-26(29-22(11-31)14-34-39(29)18-23)21-2-3-28(32-13-21)37-16-24-9-25(17-37)38(24)15-20-8-27-30(33-12-20)41-19-40-27/h2-3,8,10,12-14,18,24-25H,4-7,9,15-17,19H2,1H3. The molecule has 9 rings (SSSR count). The Hall–Kier alpha value is -4.40. The molecule has 4 fully saturated rings. The lowest BCUT2D eigenvalue weighted by molar-refractivity contribution is -0.00878. The summed E-state index contributed by atoms with van der Waals surface area (Å²) in [6.07, 6.45) is 8.75.